The van der Waals surface area contributed by atoms with Gasteiger partial charge in [0.25, 0.3) is 0 Å². The lowest BCUT2D eigenvalue weighted by Gasteiger charge is -2.41. The molecule has 0 bridgehead atoms. The van der Waals surface area contributed by atoms with Gasteiger partial charge >= 0.3 is 11.9 Å². The third kappa shape index (κ3) is 4.90. The Morgan fingerprint density at radius 3 is 2.56 bits per heavy atom. The van der Waals surface area contributed by atoms with Crippen molar-refractivity contribution in [3.63, 3.8) is 0 Å². The summed E-state index contributed by atoms with van der Waals surface area (Å²) in [5.41, 5.74) is 5.11. The van der Waals surface area contributed by atoms with Crippen LogP contribution in [0, 0.1) is 5.92 Å². The first-order chi connectivity index (χ1) is 14.8. The van der Waals surface area contributed by atoms with E-state index < -0.39 is 35.3 Å². The molecule has 3 N–H and O–H groups in total. The molecule has 5 atom stereocenters. The second kappa shape index (κ2) is 11.1. The lowest BCUT2D eigenvalue weighted by atomic mass is 9.82. The average Bonchev–Trinajstić information content (AvgIpc) is 3.10. The van der Waals surface area contributed by atoms with E-state index in [1.807, 2.05) is 42.5 Å². The molecule has 0 radical (unpaired) electrons. The fourth-order valence-corrected chi connectivity index (χ4v) is 5.09. The van der Waals surface area contributed by atoms with Crippen molar-refractivity contribution in [2.75, 3.05) is 6.61 Å². The van der Waals surface area contributed by atoms with Crippen LogP contribution in [0.3, 0.4) is 0 Å². The molecule has 1 aromatic carbocycles. The van der Waals surface area contributed by atoms with Crippen LogP contribution in [0.4, 0.5) is 0 Å². The number of hydrogen-bond acceptors (Lipinski definition) is 6. The number of carbonyl (C=O) groups is 3. The van der Waals surface area contributed by atoms with Crippen LogP contribution in [0.25, 0.3) is 0 Å². The molecule has 1 aliphatic heterocycles. The van der Waals surface area contributed by atoms with Gasteiger partial charge < -0.3 is 15.6 Å². The summed E-state index contributed by atoms with van der Waals surface area (Å²) in [6, 6.07) is 7.55. The maximum absolute atomic E-state index is 13.3. The van der Waals surface area contributed by atoms with E-state index in [9.17, 15) is 19.5 Å². The quantitative estimate of drug-likeness (QED) is 0.328. The van der Waals surface area contributed by atoms with E-state index in [-0.39, 0.29) is 37.4 Å². The zero-order chi connectivity index (χ0) is 22.6. The number of rotatable bonds is 9. The molecule has 176 valence electrons. The first kappa shape index (κ1) is 26.0. The van der Waals surface area contributed by atoms with Gasteiger partial charge in [0.2, 0.25) is 0 Å². The smallest absolute Gasteiger partial charge is 0.332 e. The fraction of sp³-hybridized carbons (Fsp3) is 0.542. The normalized spacial score (nSPS) is 26.5. The van der Waals surface area contributed by atoms with Crippen LogP contribution >= 0.6 is 12.4 Å². The third-order valence-electron chi connectivity index (χ3n) is 6.46. The number of aliphatic carboxylic acids is 1. The SMILES string of the molecule is CCOC(=O)[C@H](CCc1ccccc1)N1[C@@H]2C=CCC[C@@H]2C[C@@]1(C(=O)O)C(=O)C(C)N.Cl. The highest BCUT2D eigenvalue weighted by Crippen LogP contribution is 2.46. The number of fused-ring (bicyclic) bond motifs is 1. The van der Waals surface area contributed by atoms with Crippen molar-refractivity contribution in [1.29, 1.82) is 0 Å². The highest BCUT2D eigenvalue weighted by molar-refractivity contribution is 6.10. The molecule has 0 saturated carbocycles. The lowest BCUT2D eigenvalue weighted by Crippen LogP contribution is -2.66. The molecular weight excluding hydrogens is 432 g/mol. The number of likely N-dealkylation sites (tertiary alicyclic amines) is 1. The van der Waals surface area contributed by atoms with Crippen LogP contribution in [0.15, 0.2) is 42.5 Å². The van der Waals surface area contributed by atoms with E-state index in [0.717, 1.165) is 18.4 Å². The number of Topliss-reactive ketones (excluding diaryl/α,β-unsaturated/α-hetero) is 1. The number of carboxylic acid groups (broad SMARTS) is 1. The maximum Gasteiger partial charge on any atom is 0.332 e. The van der Waals surface area contributed by atoms with E-state index >= 15 is 0 Å². The molecule has 1 saturated heterocycles. The Balaban J connectivity index is 0.00000363. The predicted molar refractivity (Wildman–Crippen MR) is 124 cm³/mol. The van der Waals surface area contributed by atoms with Crippen LogP contribution in [-0.4, -0.2) is 58.0 Å². The minimum Gasteiger partial charge on any atom is -0.480 e. The molecule has 0 spiro atoms. The molecule has 2 aliphatic rings. The highest BCUT2D eigenvalue weighted by atomic mass is 35.5. The summed E-state index contributed by atoms with van der Waals surface area (Å²) in [6.07, 6.45) is 6.60. The summed E-state index contributed by atoms with van der Waals surface area (Å²) in [5, 5.41) is 10.4. The summed E-state index contributed by atoms with van der Waals surface area (Å²) in [5.74, 6) is -2.33. The number of halogens is 1. The molecule has 0 amide bonds. The van der Waals surface area contributed by atoms with Crippen molar-refractivity contribution in [2.45, 2.75) is 69.6 Å². The van der Waals surface area contributed by atoms with Gasteiger partial charge in [-0.3, -0.25) is 14.5 Å². The monoisotopic (exact) mass is 464 g/mol. The van der Waals surface area contributed by atoms with E-state index in [1.165, 1.54) is 6.92 Å². The van der Waals surface area contributed by atoms with Crippen LogP contribution in [0.5, 0.6) is 0 Å². The standard InChI is InChI=1S/C24H32N2O5.ClH/c1-3-31-22(28)20(14-13-17-9-5-4-6-10-17)26-19-12-8-7-11-18(19)15-24(26,23(29)30)21(27)16(2)25;/h4-6,8-10,12,16,18-20H,3,7,11,13-15,25H2,1-2H3,(H,29,30);1H/t16?,18-,19-,20+,24+;/m1./s1. The zero-order valence-corrected chi connectivity index (χ0v) is 19.4. The maximum atomic E-state index is 13.3. The highest BCUT2D eigenvalue weighted by Gasteiger charge is 2.63. The number of esters is 1. The van der Waals surface area contributed by atoms with Crippen molar-refractivity contribution >= 4 is 30.1 Å². The van der Waals surface area contributed by atoms with Crippen LogP contribution in [0.2, 0.25) is 0 Å². The number of ketones is 1. The number of benzene rings is 1. The van der Waals surface area contributed by atoms with Crippen LogP contribution in [-0.2, 0) is 25.5 Å². The molecule has 0 aromatic heterocycles. The van der Waals surface area contributed by atoms with Gasteiger partial charge in [-0.25, -0.2) is 4.79 Å². The number of hydrogen-bond donors (Lipinski definition) is 2. The Kier molecular flexibility index (Phi) is 9.01. The van der Waals surface area contributed by atoms with Crippen molar-refractivity contribution in [3.8, 4) is 0 Å². The minimum atomic E-state index is -1.84. The van der Waals surface area contributed by atoms with Gasteiger partial charge in [-0.2, -0.15) is 0 Å². The third-order valence-corrected chi connectivity index (χ3v) is 6.46. The molecule has 1 aliphatic carbocycles. The zero-order valence-electron chi connectivity index (χ0n) is 18.6. The Hall–Kier alpha value is -2.22. The van der Waals surface area contributed by atoms with Gasteiger partial charge in [-0.05, 0) is 57.4 Å². The van der Waals surface area contributed by atoms with Crippen molar-refractivity contribution < 1.29 is 24.2 Å². The van der Waals surface area contributed by atoms with Gasteiger partial charge in [-0.1, -0.05) is 42.5 Å². The van der Waals surface area contributed by atoms with Gasteiger partial charge in [-0.15, -0.1) is 12.4 Å². The molecule has 3 rings (SSSR count). The molecular formula is C24H33ClN2O5. The number of carboxylic acids is 1. The van der Waals surface area contributed by atoms with Crippen LogP contribution in [0.1, 0.15) is 45.1 Å². The summed E-state index contributed by atoms with van der Waals surface area (Å²) in [6.45, 7) is 3.41. The van der Waals surface area contributed by atoms with Crippen molar-refractivity contribution in [1.82, 2.24) is 4.90 Å². The largest absolute Gasteiger partial charge is 0.480 e. The number of nitrogens with two attached hydrogens (primary N) is 1. The van der Waals surface area contributed by atoms with E-state index in [4.69, 9.17) is 10.5 Å². The molecule has 7 nitrogen and oxygen atoms in total. The minimum absolute atomic E-state index is 0. The second-order valence-electron chi connectivity index (χ2n) is 8.48. The number of nitrogens with zero attached hydrogens (tertiary/aromatic N) is 1. The second-order valence-corrected chi connectivity index (χ2v) is 8.48. The Labute approximate surface area is 195 Å². The molecule has 8 heteroatoms. The molecule has 1 heterocycles. The van der Waals surface area contributed by atoms with Gasteiger partial charge in [0.05, 0.1) is 12.6 Å². The lowest BCUT2D eigenvalue weighted by molar-refractivity contribution is -0.164. The van der Waals surface area contributed by atoms with Crippen molar-refractivity contribution in [2.24, 2.45) is 11.7 Å². The fourth-order valence-electron chi connectivity index (χ4n) is 5.09. The Morgan fingerprint density at radius 1 is 1.28 bits per heavy atom. The summed E-state index contributed by atoms with van der Waals surface area (Å²) in [4.78, 5) is 40.7. The van der Waals surface area contributed by atoms with E-state index in [2.05, 4.69) is 0 Å². The molecule has 1 aromatic rings. The summed E-state index contributed by atoms with van der Waals surface area (Å²) < 4.78 is 5.36. The van der Waals surface area contributed by atoms with E-state index in [1.54, 1.807) is 11.8 Å². The summed E-state index contributed by atoms with van der Waals surface area (Å²) in [7, 11) is 0. The summed E-state index contributed by atoms with van der Waals surface area (Å²) >= 11 is 0. The molecule has 1 unspecified atom stereocenters. The topological polar surface area (TPSA) is 110 Å². The number of aryl methyl sites for hydroxylation is 1. The average molecular weight is 465 g/mol. The first-order valence-electron chi connectivity index (χ1n) is 11.0. The number of allylic oxidation sites excluding steroid dienone is 1. The number of carbonyl (C=O) groups excluding carboxylic acids is 2. The Morgan fingerprint density at radius 2 is 1.97 bits per heavy atom. The predicted octanol–water partition coefficient (Wildman–Crippen LogP) is 2.75. The van der Waals surface area contributed by atoms with Crippen LogP contribution < -0.4 is 5.73 Å². The molecule has 32 heavy (non-hydrogen) atoms. The van der Waals surface area contributed by atoms with Crippen molar-refractivity contribution in [3.05, 3.63) is 48.0 Å². The molecule has 1 fully saturated rings. The Bertz CT molecular complexity index is 844. The van der Waals surface area contributed by atoms with Gasteiger partial charge in [0, 0.05) is 6.04 Å². The van der Waals surface area contributed by atoms with Gasteiger partial charge in [0.15, 0.2) is 11.3 Å². The van der Waals surface area contributed by atoms with E-state index in [0.29, 0.717) is 12.8 Å². The first-order valence-corrected chi connectivity index (χ1v) is 11.0. The number of ether oxygens (including phenoxy) is 1. The van der Waals surface area contributed by atoms with Gasteiger partial charge in [0.1, 0.15) is 6.04 Å².